The van der Waals surface area contributed by atoms with Crippen molar-refractivity contribution >= 4 is 29.2 Å². The van der Waals surface area contributed by atoms with Crippen LogP contribution in [-0.4, -0.2) is 22.1 Å². The Hall–Kier alpha value is -2.60. The Balaban J connectivity index is 2.34. The van der Waals surface area contributed by atoms with Gasteiger partial charge in [0.1, 0.15) is 17.1 Å². The molecule has 2 aromatic carbocycles. The van der Waals surface area contributed by atoms with Gasteiger partial charge in [0.25, 0.3) is 5.91 Å². The van der Waals surface area contributed by atoms with Crippen LogP contribution >= 0.6 is 11.6 Å². The molecule has 0 aliphatic heterocycles. The minimum Gasteiger partial charge on any atom is -0.506 e. The molecule has 7 heteroatoms. The van der Waals surface area contributed by atoms with Crippen molar-refractivity contribution in [3.05, 3.63) is 58.4 Å². The van der Waals surface area contributed by atoms with Gasteiger partial charge in [0.05, 0.1) is 10.7 Å². The molecular weight excluding hydrogens is 301 g/mol. The van der Waals surface area contributed by atoms with Crippen LogP contribution in [0.5, 0.6) is 5.75 Å². The van der Waals surface area contributed by atoms with Crippen LogP contribution in [0.3, 0.4) is 0 Å². The maximum atomic E-state index is 13.5. The topological polar surface area (TPSA) is 86.6 Å². The highest BCUT2D eigenvalue weighted by atomic mass is 35.5. The molecule has 0 fully saturated rings. The van der Waals surface area contributed by atoms with Crippen molar-refractivity contribution in [1.29, 1.82) is 0 Å². The fourth-order valence-electron chi connectivity index (χ4n) is 1.69. The third-order valence-electron chi connectivity index (χ3n) is 2.69. The average Bonchev–Trinajstić information content (AvgIpc) is 2.41. The second kappa shape index (κ2) is 5.80. The number of carboxylic acids is 1. The first-order valence-corrected chi connectivity index (χ1v) is 6.09. The number of halogens is 2. The number of hydrogen-bond donors (Lipinski definition) is 3. The van der Waals surface area contributed by atoms with Gasteiger partial charge >= 0.3 is 5.97 Å². The van der Waals surface area contributed by atoms with Crippen molar-refractivity contribution in [2.45, 2.75) is 0 Å². The van der Waals surface area contributed by atoms with Gasteiger partial charge in [-0.1, -0.05) is 17.7 Å². The quantitative estimate of drug-likeness (QED) is 0.813. The zero-order valence-corrected chi connectivity index (χ0v) is 11.2. The van der Waals surface area contributed by atoms with Crippen LogP contribution in [0.25, 0.3) is 0 Å². The summed E-state index contributed by atoms with van der Waals surface area (Å²) in [5.74, 6) is -3.31. The molecular formula is C14H9ClFNO4. The number of aromatic hydroxyl groups is 1. The number of phenols is 1. The van der Waals surface area contributed by atoms with Gasteiger partial charge in [-0.3, -0.25) is 4.79 Å². The Labute approximate surface area is 123 Å². The van der Waals surface area contributed by atoms with E-state index in [9.17, 15) is 19.1 Å². The smallest absolute Gasteiger partial charge is 0.340 e. The second-order valence-corrected chi connectivity index (χ2v) is 4.50. The molecule has 5 nitrogen and oxygen atoms in total. The predicted octanol–water partition coefficient (Wildman–Crippen LogP) is 3.14. The summed E-state index contributed by atoms with van der Waals surface area (Å²) in [6.45, 7) is 0. The van der Waals surface area contributed by atoms with E-state index in [4.69, 9.17) is 16.7 Å². The summed E-state index contributed by atoms with van der Waals surface area (Å²) in [4.78, 5) is 23.0. The number of carbonyl (C=O) groups is 2. The number of nitrogens with one attached hydrogen (secondary N) is 1. The lowest BCUT2D eigenvalue weighted by molar-refractivity contribution is 0.0693. The molecule has 0 atom stereocenters. The van der Waals surface area contributed by atoms with Crippen molar-refractivity contribution in [3.8, 4) is 5.75 Å². The lowest BCUT2D eigenvalue weighted by atomic mass is 10.1. The van der Waals surface area contributed by atoms with Gasteiger partial charge < -0.3 is 15.5 Å². The molecule has 0 bridgehead atoms. The molecule has 2 aromatic rings. The number of amides is 1. The Bertz CT molecular complexity index is 733. The molecule has 0 aromatic heterocycles. The summed E-state index contributed by atoms with van der Waals surface area (Å²) in [5.41, 5.74) is -0.703. The molecule has 2 rings (SSSR count). The molecule has 108 valence electrons. The van der Waals surface area contributed by atoms with Crippen LogP contribution in [0.1, 0.15) is 20.7 Å². The molecule has 3 N–H and O–H groups in total. The molecule has 0 heterocycles. The molecule has 0 radical (unpaired) electrons. The summed E-state index contributed by atoms with van der Waals surface area (Å²) in [6.07, 6.45) is 0. The largest absolute Gasteiger partial charge is 0.506 e. The van der Waals surface area contributed by atoms with Crippen molar-refractivity contribution in [2.24, 2.45) is 0 Å². The summed E-state index contributed by atoms with van der Waals surface area (Å²) < 4.78 is 13.5. The van der Waals surface area contributed by atoms with Gasteiger partial charge in [-0.25, -0.2) is 9.18 Å². The van der Waals surface area contributed by atoms with E-state index in [1.165, 1.54) is 30.3 Å². The van der Waals surface area contributed by atoms with Crippen molar-refractivity contribution < 1.29 is 24.2 Å². The van der Waals surface area contributed by atoms with E-state index in [0.29, 0.717) is 0 Å². The molecule has 0 aliphatic rings. The lowest BCUT2D eigenvalue weighted by Crippen LogP contribution is -2.15. The van der Waals surface area contributed by atoms with Crippen LogP contribution < -0.4 is 5.32 Å². The SMILES string of the molecule is O=C(Nc1cccc(F)c1C(=O)O)c1ccc(O)c(Cl)c1. The first-order valence-electron chi connectivity index (χ1n) is 5.72. The van der Waals surface area contributed by atoms with Crippen LogP contribution in [0, 0.1) is 5.82 Å². The number of rotatable bonds is 3. The van der Waals surface area contributed by atoms with Gasteiger partial charge in [-0.15, -0.1) is 0 Å². The summed E-state index contributed by atoms with van der Waals surface area (Å²) in [7, 11) is 0. The second-order valence-electron chi connectivity index (χ2n) is 4.09. The molecule has 0 aliphatic carbocycles. The number of benzene rings is 2. The molecule has 0 saturated carbocycles. The zero-order valence-electron chi connectivity index (χ0n) is 10.4. The fraction of sp³-hybridized carbons (Fsp3) is 0. The van der Waals surface area contributed by atoms with Gasteiger partial charge in [0, 0.05) is 5.56 Å². The summed E-state index contributed by atoms with van der Waals surface area (Å²) in [5, 5.41) is 20.5. The van der Waals surface area contributed by atoms with Crippen molar-refractivity contribution in [1.82, 2.24) is 0 Å². The van der Waals surface area contributed by atoms with E-state index in [0.717, 1.165) is 6.07 Å². The Morgan fingerprint density at radius 1 is 1.19 bits per heavy atom. The van der Waals surface area contributed by atoms with Gasteiger partial charge in [0.15, 0.2) is 0 Å². The van der Waals surface area contributed by atoms with Gasteiger partial charge in [0.2, 0.25) is 0 Å². The van der Waals surface area contributed by atoms with E-state index < -0.39 is 23.3 Å². The Morgan fingerprint density at radius 3 is 2.52 bits per heavy atom. The number of carboxylic acid groups (broad SMARTS) is 1. The minimum absolute atomic E-state index is 0.0275. The number of anilines is 1. The average molecular weight is 310 g/mol. The first-order chi connectivity index (χ1) is 9.90. The van der Waals surface area contributed by atoms with E-state index in [-0.39, 0.29) is 22.0 Å². The third kappa shape index (κ3) is 3.11. The fourth-order valence-corrected chi connectivity index (χ4v) is 1.87. The minimum atomic E-state index is -1.49. The number of aromatic carboxylic acids is 1. The van der Waals surface area contributed by atoms with Gasteiger partial charge in [-0.05, 0) is 30.3 Å². The summed E-state index contributed by atoms with van der Waals surface area (Å²) in [6, 6.07) is 7.27. The maximum absolute atomic E-state index is 13.5. The Kier molecular flexibility index (Phi) is 4.09. The predicted molar refractivity (Wildman–Crippen MR) is 74.4 cm³/mol. The van der Waals surface area contributed by atoms with Crippen molar-refractivity contribution in [2.75, 3.05) is 5.32 Å². The molecule has 21 heavy (non-hydrogen) atoms. The normalized spacial score (nSPS) is 10.2. The van der Waals surface area contributed by atoms with Crippen molar-refractivity contribution in [3.63, 3.8) is 0 Å². The van der Waals surface area contributed by atoms with Crippen LogP contribution in [0.2, 0.25) is 5.02 Å². The number of phenolic OH excluding ortho intramolecular Hbond substituents is 1. The standard InChI is InChI=1S/C14H9ClFNO4/c15-8-6-7(4-5-11(8)18)13(19)17-10-3-1-2-9(16)12(10)14(20)21/h1-6,18H,(H,17,19)(H,20,21). The Morgan fingerprint density at radius 2 is 1.90 bits per heavy atom. The number of hydrogen-bond acceptors (Lipinski definition) is 3. The lowest BCUT2D eigenvalue weighted by Gasteiger charge is -2.09. The zero-order chi connectivity index (χ0) is 15.6. The first kappa shape index (κ1) is 14.8. The monoisotopic (exact) mass is 309 g/mol. The highest BCUT2D eigenvalue weighted by molar-refractivity contribution is 6.32. The van der Waals surface area contributed by atoms with E-state index in [2.05, 4.69) is 5.32 Å². The van der Waals surface area contributed by atoms with Crippen LogP contribution in [0.4, 0.5) is 10.1 Å². The summed E-state index contributed by atoms with van der Waals surface area (Å²) >= 11 is 5.68. The maximum Gasteiger partial charge on any atom is 0.340 e. The highest BCUT2D eigenvalue weighted by Crippen LogP contribution is 2.25. The van der Waals surface area contributed by atoms with Crippen LogP contribution in [0.15, 0.2) is 36.4 Å². The molecule has 0 unspecified atom stereocenters. The van der Waals surface area contributed by atoms with E-state index in [1.54, 1.807) is 0 Å². The van der Waals surface area contributed by atoms with Crippen LogP contribution in [-0.2, 0) is 0 Å². The van der Waals surface area contributed by atoms with Gasteiger partial charge in [-0.2, -0.15) is 0 Å². The molecule has 0 saturated heterocycles. The number of carbonyl (C=O) groups excluding carboxylic acids is 1. The molecule has 0 spiro atoms. The van der Waals surface area contributed by atoms with E-state index in [1.807, 2.05) is 0 Å². The highest BCUT2D eigenvalue weighted by Gasteiger charge is 2.18. The molecule has 1 amide bonds. The third-order valence-corrected chi connectivity index (χ3v) is 2.99. The van der Waals surface area contributed by atoms with E-state index >= 15 is 0 Å².